The summed E-state index contributed by atoms with van der Waals surface area (Å²) in [5, 5.41) is 7.95. The molecule has 1 amide bonds. The maximum Gasteiger partial charge on any atom is 0.256 e. The van der Waals surface area contributed by atoms with Crippen LogP contribution in [-0.4, -0.2) is 45.3 Å². The second kappa shape index (κ2) is 6.39. The molecule has 130 valence electrons. The molecule has 1 aliphatic rings. The molecule has 0 unspecified atom stereocenters. The summed E-state index contributed by atoms with van der Waals surface area (Å²) in [6.07, 6.45) is 0. The van der Waals surface area contributed by atoms with Gasteiger partial charge in [-0.15, -0.1) is 10.2 Å². The van der Waals surface area contributed by atoms with Crippen LogP contribution in [0.3, 0.4) is 0 Å². The van der Waals surface area contributed by atoms with Gasteiger partial charge < -0.3 is 18.6 Å². The number of nitrogens with zero attached hydrogens (tertiary/aromatic N) is 4. The van der Waals surface area contributed by atoms with E-state index in [1.54, 1.807) is 11.8 Å². The van der Waals surface area contributed by atoms with E-state index in [0.29, 0.717) is 37.6 Å². The van der Waals surface area contributed by atoms with Gasteiger partial charge in [0.05, 0.1) is 18.8 Å². The Morgan fingerprint density at radius 1 is 1.29 bits per heavy atom. The van der Waals surface area contributed by atoms with Gasteiger partial charge in [-0.2, -0.15) is 0 Å². The zero-order valence-corrected chi connectivity index (χ0v) is 14.9. The largest absolute Gasteiger partial charge is 0.423 e. The summed E-state index contributed by atoms with van der Waals surface area (Å²) >= 11 is 0. The second-order valence-electron chi connectivity index (χ2n) is 6.50. The van der Waals surface area contributed by atoms with Crippen LogP contribution in [-0.2, 0) is 4.74 Å². The lowest BCUT2D eigenvalue weighted by Gasteiger charge is -2.33. The number of carbonyl (C=O) groups is 1. The van der Waals surface area contributed by atoms with Crippen molar-refractivity contribution in [1.82, 2.24) is 19.7 Å². The van der Waals surface area contributed by atoms with E-state index in [1.807, 2.05) is 19.9 Å². The van der Waals surface area contributed by atoms with Gasteiger partial charge in [0.2, 0.25) is 11.8 Å². The summed E-state index contributed by atoms with van der Waals surface area (Å²) in [6.45, 7) is 11.4. The Bertz CT molecular complexity index is 747. The molecule has 2 aromatic rings. The number of amides is 1. The summed E-state index contributed by atoms with van der Waals surface area (Å²) in [6, 6.07) is 1.93. The maximum atomic E-state index is 13.2. The van der Waals surface area contributed by atoms with Crippen LogP contribution in [0.1, 0.15) is 59.5 Å². The maximum absolute atomic E-state index is 13.2. The van der Waals surface area contributed by atoms with Crippen LogP contribution in [0.4, 0.5) is 0 Å². The Hall–Kier alpha value is -2.15. The third-order valence-electron chi connectivity index (χ3n) is 4.45. The van der Waals surface area contributed by atoms with Gasteiger partial charge >= 0.3 is 0 Å². The van der Waals surface area contributed by atoms with Crippen LogP contribution in [0.15, 0.2) is 10.5 Å². The molecule has 0 aliphatic carbocycles. The molecule has 0 N–H and O–H groups in total. The second-order valence-corrected chi connectivity index (χ2v) is 6.50. The Morgan fingerprint density at radius 2 is 2.04 bits per heavy atom. The van der Waals surface area contributed by atoms with Gasteiger partial charge in [0.15, 0.2) is 0 Å². The third kappa shape index (κ3) is 2.84. The van der Waals surface area contributed by atoms with Crippen molar-refractivity contribution in [2.75, 3.05) is 19.8 Å². The SMILES string of the molecule is Cc1nnc([C@H]2COCCN2C(=O)c2cc(C)n(C(C)C)c2C)o1. The number of aromatic nitrogens is 3. The molecule has 3 heterocycles. The van der Waals surface area contributed by atoms with Crippen molar-refractivity contribution in [2.45, 2.75) is 46.7 Å². The van der Waals surface area contributed by atoms with E-state index in [4.69, 9.17) is 9.15 Å². The van der Waals surface area contributed by atoms with Crippen LogP contribution in [0.5, 0.6) is 0 Å². The number of rotatable bonds is 3. The van der Waals surface area contributed by atoms with E-state index in [0.717, 1.165) is 17.0 Å². The van der Waals surface area contributed by atoms with Gasteiger partial charge in [-0.05, 0) is 33.8 Å². The van der Waals surface area contributed by atoms with Crippen LogP contribution < -0.4 is 0 Å². The summed E-state index contributed by atoms with van der Waals surface area (Å²) in [4.78, 5) is 14.9. The summed E-state index contributed by atoms with van der Waals surface area (Å²) in [7, 11) is 0. The first-order chi connectivity index (χ1) is 11.4. The van der Waals surface area contributed by atoms with Gasteiger partial charge in [-0.25, -0.2) is 0 Å². The van der Waals surface area contributed by atoms with E-state index >= 15 is 0 Å². The number of hydrogen-bond donors (Lipinski definition) is 0. The molecule has 1 saturated heterocycles. The zero-order chi connectivity index (χ0) is 17.4. The van der Waals surface area contributed by atoms with Gasteiger partial charge in [0.1, 0.15) is 6.04 Å². The molecule has 7 nitrogen and oxygen atoms in total. The minimum atomic E-state index is -0.338. The van der Waals surface area contributed by atoms with Gasteiger partial charge in [0.25, 0.3) is 5.91 Å². The van der Waals surface area contributed by atoms with E-state index in [1.165, 1.54) is 0 Å². The highest BCUT2D eigenvalue weighted by Crippen LogP contribution is 2.28. The molecule has 1 fully saturated rings. The molecule has 0 aromatic carbocycles. The van der Waals surface area contributed by atoms with Gasteiger partial charge in [0, 0.05) is 30.9 Å². The third-order valence-corrected chi connectivity index (χ3v) is 4.45. The van der Waals surface area contributed by atoms with Crippen LogP contribution in [0, 0.1) is 20.8 Å². The van der Waals surface area contributed by atoms with E-state index in [2.05, 4.69) is 28.6 Å². The van der Waals surface area contributed by atoms with E-state index in [-0.39, 0.29) is 11.9 Å². The van der Waals surface area contributed by atoms with Crippen molar-refractivity contribution < 1.29 is 13.9 Å². The fourth-order valence-electron chi connectivity index (χ4n) is 3.44. The quantitative estimate of drug-likeness (QED) is 0.864. The van der Waals surface area contributed by atoms with Crippen LogP contribution in [0.25, 0.3) is 0 Å². The molecule has 7 heteroatoms. The predicted molar refractivity (Wildman–Crippen MR) is 87.9 cm³/mol. The fourth-order valence-corrected chi connectivity index (χ4v) is 3.44. The first-order valence-electron chi connectivity index (χ1n) is 8.27. The molecule has 0 spiro atoms. The lowest BCUT2D eigenvalue weighted by molar-refractivity contribution is -0.0106. The summed E-state index contributed by atoms with van der Waals surface area (Å²) in [5.74, 6) is 0.901. The first-order valence-corrected chi connectivity index (χ1v) is 8.27. The topological polar surface area (TPSA) is 73.4 Å². The lowest BCUT2D eigenvalue weighted by atomic mass is 10.1. The smallest absolute Gasteiger partial charge is 0.256 e. The van der Waals surface area contributed by atoms with Crippen molar-refractivity contribution in [3.05, 3.63) is 34.8 Å². The van der Waals surface area contributed by atoms with E-state index in [9.17, 15) is 4.79 Å². The van der Waals surface area contributed by atoms with Crippen molar-refractivity contribution in [3.63, 3.8) is 0 Å². The molecular formula is C17H24N4O3. The Morgan fingerprint density at radius 3 is 2.62 bits per heavy atom. The van der Waals surface area contributed by atoms with Gasteiger partial charge in [-0.1, -0.05) is 0 Å². The highest BCUT2D eigenvalue weighted by Gasteiger charge is 2.34. The number of carbonyl (C=O) groups excluding carboxylic acids is 1. The standard InChI is InChI=1S/C17H24N4O3/c1-10(2)21-11(3)8-14(12(21)4)17(22)20-6-7-23-9-15(20)16-19-18-13(5)24-16/h8,10,15H,6-7,9H2,1-5H3/t15-/m1/s1. The molecule has 0 bridgehead atoms. The Balaban J connectivity index is 1.94. The van der Waals surface area contributed by atoms with Crippen molar-refractivity contribution in [1.29, 1.82) is 0 Å². The molecule has 0 radical (unpaired) electrons. The molecular weight excluding hydrogens is 308 g/mol. The van der Waals surface area contributed by atoms with Crippen LogP contribution in [0.2, 0.25) is 0 Å². The normalized spacial score (nSPS) is 18.4. The fraction of sp³-hybridized carbons (Fsp3) is 0.588. The number of ether oxygens (including phenoxy) is 1. The molecule has 2 aromatic heterocycles. The lowest BCUT2D eigenvalue weighted by Crippen LogP contribution is -2.43. The Kier molecular flexibility index (Phi) is 4.45. The predicted octanol–water partition coefficient (Wildman–Crippen LogP) is 2.59. The monoisotopic (exact) mass is 332 g/mol. The Labute approximate surface area is 141 Å². The molecule has 24 heavy (non-hydrogen) atoms. The number of aryl methyl sites for hydroxylation is 2. The molecule has 3 rings (SSSR count). The van der Waals surface area contributed by atoms with Crippen LogP contribution >= 0.6 is 0 Å². The minimum Gasteiger partial charge on any atom is -0.423 e. The van der Waals surface area contributed by atoms with Crippen molar-refractivity contribution >= 4 is 5.91 Å². The molecule has 1 atom stereocenters. The molecule has 1 aliphatic heterocycles. The highest BCUT2D eigenvalue weighted by molar-refractivity contribution is 5.96. The number of hydrogen-bond acceptors (Lipinski definition) is 5. The minimum absolute atomic E-state index is 0.0147. The van der Waals surface area contributed by atoms with Crippen molar-refractivity contribution in [2.24, 2.45) is 0 Å². The number of morpholine rings is 1. The molecule has 0 saturated carbocycles. The zero-order valence-electron chi connectivity index (χ0n) is 14.9. The average molecular weight is 332 g/mol. The summed E-state index contributed by atoms with van der Waals surface area (Å²) in [5.41, 5.74) is 2.80. The first kappa shape index (κ1) is 16.7. The van der Waals surface area contributed by atoms with Crippen molar-refractivity contribution in [3.8, 4) is 0 Å². The van der Waals surface area contributed by atoms with E-state index < -0.39 is 0 Å². The summed E-state index contributed by atoms with van der Waals surface area (Å²) < 4.78 is 13.2. The highest BCUT2D eigenvalue weighted by atomic mass is 16.5. The average Bonchev–Trinajstić information content (AvgIpc) is 3.10. The van der Waals surface area contributed by atoms with Gasteiger partial charge in [-0.3, -0.25) is 4.79 Å².